The molecule has 1 N–H and O–H groups in total. The normalized spacial score (nSPS) is 23.5. The molecule has 0 radical (unpaired) electrons. The Morgan fingerprint density at radius 3 is 2.26 bits per heavy atom. The number of carbonyl (C=O) groups excluding carboxylic acids is 5. The first kappa shape index (κ1) is 30.1. The molecule has 0 saturated carbocycles. The number of imide groups is 1. The van der Waals surface area contributed by atoms with Crippen molar-refractivity contribution in [2.24, 2.45) is 17.8 Å². The van der Waals surface area contributed by atoms with E-state index >= 15 is 0 Å². The Bertz CT molecular complexity index is 1990. The van der Waals surface area contributed by atoms with E-state index in [-0.39, 0.29) is 64.3 Å². The summed E-state index contributed by atoms with van der Waals surface area (Å²) in [5.41, 5.74) is 3.08. The number of allylic oxidation sites excluding steroid dienone is 6. The van der Waals surface area contributed by atoms with Crippen LogP contribution in [0.4, 0.5) is 5.69 Å². The molecular formula is C38H31NO8. The molecule has 0 spiro atoms. The molecule has 7 rings (SSSR count). The second kappa shape index (κ2) is 11.3. The molecule has 1 saturated heterocycles. The van der Waals surface area contributed by atoms with E-state index < -0.39 is 29.6 Å². The van der Waals surface area contributed by atoms with E-state index in [0.717, 1.165) is 0 Å². The minimum Gasteiger partial charge on any atom is -0.507 e. The van der Waals surface area contributed by atoms with Crippen molar-refractivity contribution >= 4 is 34.9 Å². The average molecular weight is 630 g/mol. The van der Waals surface area contributed by atoms with Gasteiger partial charge in [0.05, 0.1) is 31.7 Å². The fourth-order valence-electron chi connectivity index (χ4n) is 7.63. The van der Waals surface area contributed by atoms with Crippen molar-refractivity contribution < 1.29 is 38.6 Å². The Balaban J connectivity index is 1.29. The minimum atomic E-state index is -0.883. The van der Waals surface area contributed by atoms with Gasteiger partial charge in [0.1, 0.15) is 17.2 Å². The lowest BCUT2D eigenvalue weighted by Crippen LogP contribution is -2.40. The van der Waals surface area contributed by atoms with E-state index in [1.807, 2.05) is 12.1 Å². The van der Waals surface area contributed by atoms with Crippen molar-refractivity contribution in [3.63, 3.8) is 0 Å². The second-order valence-corrected chi connectivity index (χ2v) is 12.2. The number of ketones is 3. The lowest BCUT2D eigenvalue weighted by atomic mass is 9.59. The quantitative estimate of drug-likeness (QED) is 0.169. The van der Waals surface area contributed by atoms with Crippen LogP contribution in [-0.4, -0.2) is 48.5 Å². The highest BCUT2D eigenvalue weighted by Gasteiger charge is 2.57. The second-order valence-electron chi connectivity index (χ2n) is 12.2. The number of fused-ring (bicyclic) bond motifs is 3. The van der Waals surface area contributed by atoms with Crippen LogP contribution in [0.2, 0.25) is 0 Å². The zero-order valence-electron chi connectivity index (χ0n) is 26.0. The maximum atomic E-state index is 14.3. The Morgan fingerprint density at radius 1 is 0.872 bits per heavy atom. The van der Waals surface area contributed by atoms with Crippen LogP contribution < -0.4 is 14.4 Å². The van der Waals surface area contributed by atoms with Crippen molar-refractivity contribution in [3.05, 3.63) is 118 Å². The van der Waals surface area contributed by atoms with Gasteiger partial charge in [-0.15, -0.1) is 0 Å². The van der Waals surface area contributed by atoms with Gasteiger partial charge in [0.2, 0.25) is 11.8 Å². The summed E-state index contributed by atoms with van der Waals surface area (Å²) in [6, 6.07) is 18.2. The zero-order valence-corrected chi connectivity index (χ0v) is 26.0. The third-order valence-corrected chi connectivity index (χ3v) is 9.83. The monoisotopic (exact) mass is 629 g/mol. The van der Waals surface area contributed by atoms with E-state index in [4.69, 9.17) is 9.47 Å². The number of amides is 2. The molecule has 9 heteroatoms. The van der Waals surface area contributed by atoms with E-state index in [2.05, 4.69) is 0 Å². The number of rotatable bonds is 6. The van der Waals surface area contributed by atoms with Gasteiger partial charge in [0.25, 0.3) is 0 Å². The summed E-state index contributed by atoms with van der Waals surface area (Å²) >= 11 is 0. The average Bonchev–Trinajstić information content (AvgIpc) is 3.35. The Kier molecular flexibility index (Phi) is 7.27. The number of ether oxygens (including phenoxy) is 2. The summed E-state index contributed by atoms with van der Waals surface area (Å²) in [5.74, 6) is -4.13. The number of carbonyl (C=O) groups is 5. The van der Waals surface area contributed by atoms with Crippen molar-refractivity contribution in [3.8, 4) is 17.2 Å². The summed E-state index contributed by atoms with van der Waals surface area (Å²) in [7, 11) is 2.89. The van der Waals surface area contributed by atoms with Crippen LogP contribution in [0.25, 0.3) is 0 Å². The van der Waals surface area contributed by atoms with Gasteiger partial charge in [-0.25, -0.2) is 0 Å². The van der Waals surface area contributed by atoms with Gasteiger partial charge in [-0.2, -0.15) is 0 Å². The highest BCUT2D eigenvalue weighted by molar-refractivity contribution is 6.25. The van der Waals surface area contributed by atoms with Crippen LogP contribution in [0.1, 0.15) is 47.2 Å². The zero-order chi connectivity index (χ0) is 33.1. The van der Waals surface area contributed by atoms with Gasteiger partial charge in [0, 0.05) is 51.5 Å². The van der Waals surface area contributed by atoms with E-state index in [0.29, 0.717) is 33.7 Å². The van der Waals surface area contributed by atoms with Crippen LogP contribution in [-0.2, 0) is 19.2 Å². The summed E-state index contributed by atoms with van der Waals surface area (Å²) < 4.78 is 11.0. The van der Waals surface area contributed by atoms with E-state index in [1.54, 1.807) is 61.5 Å². The molecule has 1 fully saturated rings. The van der Waals surface area contributed by atoms with Gasteiger partial charge in [0.15, 0.2) is 17.3 Å². The van der Waals surface area contributed by atoms with Crippen LogP contribution in [0.15, 0.2) is 101 Å². The highest BCUT2D eigenvalue weighted by Crippen LogP contribution is 2.58. The van der Waals surface area contributed by atoms with Crippen LogP contribution >= 0.6 is 0 Å². The number of aromatic hydroxyl groups is 1. The molecule has 2 amide bonds. The summed E-state index contributed by atoms with van der Waals surface area (Å²) in [6.07, 6.45) is 3.52. The molecule has 3 aromatic carbocycles. The summed E-state index contributed by atoms with van der Waals surface area (Å²) in [4.78, 5) is 69.5. The molecule has 4 atom stereocenters. The summed E-state index contributed by atoms with van der Waals surface area (Å²) in [6.45, 7) is 1.58. The smallest absolute Gasteiger partial charge is 0.238 e. The first-order chi connectivity index (χ1) is 22.6. The largest absolute Gasteiger partial charge is 0.507 e. The third kappa shape index (κ3) is 4.64. The molecule has 1 heterocycles. The molecular weight excluding hydrogens is 598 g/mol. The number of methoxy groups -OCH3 is 2. The Hall–Kier alpha value is -5.57. The number of Topliss-reactive ketones (excluding diaryl/α,β-unsaturated/α-hetero) is 1. The number of phenolic OH excluding ortho intramolecular Hbond substituents is 1. The first-order valence-corrected chi connectivity index (χ1v) is 15.4. The van der Waals surface area contributed by atoms with Gasteiger partial charge in [-0.1, -0.05) is 42.0 Å². The molecule has 3 aromatic rings. The van der Waals surface area contributed by atoms with Crippen molar-refractivity contribution in [2.45, 2.75) is 25.7 Å². The summed E-state index contributed by atoms with van der Waals surface area (Å²) in [5, 5.41) is 11.3. The van der Waals surface area contributed by atoms with E-state index in [9.17, 15) is 29.1 Å². The van der Waals surface area contributed by atoms with Crippen LogP contribution in [0.5, 0.6) is 17.2 Å². The number of hydrogen-bond donors (Lipinski definition) is 1. The first-order valence-electron chi connectivity index (χ1n) is 15.4. The number of phenols is 1. The number of nitrogens with zero attached hydrogens (tertiary/aromatic N) is 1. The van der Waals surface area contributed by atoms with Crippen molar-refractivity contribution in [1.29, 1.82) is 0 Å². The molecule has 0 bridgehead atoms. The molecule has 3 aliphatic carbocycles. The number of hydrogen-bond acceptors (Lipinski definition) is 8. The standard InChI is InChI=1S/C38H31NO8/c1-19-15-28(40)27-18-26-24(32(33(27)35(19)42)34-29(41)16-23(46-2)17-30(34)47-3)13-14-25-31(26)38(45)39(37(25)44)22-11-9-21(10-12-22)36(43)20-7-5-4-6-8-20/h4-13,15-17,25-26,31-32,41H,14,18H2,1-3H3. The SMILES string of the molecule is COc1cc(O)c(C2C3=CCC4C(=O)N(c5ccc(C(=O)c6ccccc6)cc5)C(=O)C4C3CC3=C2C(=O)C(C)=CC3=O)c(OC)c1. The minimum absolute atomic E-state index is 0.101. The Labute approximate surface area is 270 Å². The van der Waals surface area contributed by atoms with Crippen LogP contribution in [0.3, 0.4) is 0 Å². The molecule has 4 unspecified atom stereocenters. The van der Waals surface area contributed by atoms with Gasteiger partial charge in [-0.3, -0.25) is 28.9 Å². The lowest BCUT2D eigenvalue weighted by Gasteiger charge is -2.42. The fraction of sp³-hybridized carbons (Fsp3) is 0.237. The predicted octanol–water partition coefficient (Wildman–Crippen LogP) is 5.27. The fourth-order valence-corrected chi connectivity index (χ4v) is 7.63. The topological polar surface area (TPSA) is 127 Å². The van der Waals surface area contributed by atoms with Gasteiger partial charge < -0.3 is 14.6 Å². The van der Waals surface area contributed by atoms with Crippen molar-refractivity contribution in [1.82, 2.24) is 0 Å². The molecule has 47 heavy (non-hydrogen) atoms. The number of anilines is 1. The maximum absolute atomic E-state index is 14.3. The Morgan fingerprint density at radius 2 is 1.57 bits per heavy atom. The number of benzene rings is 3. The van der Waals surface area contributed by atoms with Gasteiger partial charge >= 0.3 is 0 Å². The van der Waals surface area contributed by atoms with Crippen molar-refractivity contribution in [2.75, 3.05) is 19.1 Å². The highest BCUT2D eigenvalue weighted by atomic mass is 16.5. The molecule has 9 nitrogen and oxygen atoms in total. The third-order valence-electron chi connectivity index (χ3n) is 9.83. The van der Waals surface area contributed by atoms with E-state index in [1.165, 1.54) is 31.3 Å². The lowest BCUT2D eigenvalue weighted by molar-refractivity contribution is -0.123. The molecule has 4 aliphatic rings. The van der Waals surface area contributed by atoms with Gasteiger partial charge in [-0.05, 0) is 56.0 Å². The molecule has 0 aromatic heterocycles. The molecule has 236 valence electrons. The van der Waals surface area contributed by atoms with Crippen LogP contribution in [0, 0.1) is 17.8 Å². The predicted molar refractivity (Wildman–Crippen MR) is 171 cm³/mol. The maximum Gasteiger partial charge on any atom is 0.238 e. The molecule has 1 aliphatic heterocycles.